The maximum atomic E-state index is 11.9. The molecule has 1 saturated carbocycles. The van der Waals surface area contributed by atoms with Crippen LogP contribution in [-0.4, -0.2) is 29.3 Å². The van der Waals surface area contributed by atoms with Gasteiger partial charge in [0.1, 0.15) is 0 Å². The number of aliphatic hydroxyl groups is 2. The number of benzene rings is 1. The standard InChI is InChI=1S/C14H19NO3/c16-8-7-14(5-6-14)10-15-13(18)12-3-1-11(9-17)2-4-12/h1-4,16-17H,5-10H2,(H,15,18). The van der Waals surface area contributed by atoms with Crippen molar-refractivity contribution in [2.75, 3.05) is 13.2 Å². The molecule has 0 unspecified atom stereocenters. The Labute approximate surface area is 107 Å². The van der Waals surface area contributed by atoms with E-state index >= 15 is 0 Å². The van der Waals surface area contributed by atoms with Crippen LogP contribution in [0.3, 0.4) is 0 Å². The van der Waals surface area contributed by atoms with E-state index < -0.39 is 0 Å². The zero-order chi connectivity index (χ0) is 13.0. The quantitative estimate of drug-likeness (QED) is 0.706. The third kappa shape index (κ3) is 3.09. The Bertz CT molecular complexity index is 410. The first-order chi connectivity index (χ1) is 8.69. The van der Waals surface area contributed by atoms with E-state index in [0.29, 0.717) is 12.1 Å². The fourth-order valence-electron chi connectivity index (χ4n) is 2.06. The van der Waals surface area contributed by atoms with Gasteiger partial charge in [0, 0.05) is 18.7 Å². The average Bonchev–Trinajstić information content (AvgIpc) is 3.17. The van der Waals surface area contributed by atoms with E-state index in [0.717, 1.165) is 24.8 Å². The lowest BCUT2D eigenvalue weighted by Crippen LogP contribution is -2.30. The summed E-state index contributed by atoms with van der Waals surface area (Å²) in [5.41, 5.74) is 1.53. The van der Waals surface area contributed by atoms with Crippen LogP contribution in [0.2, 0.25) is 0 Å². The lowest BCUT2D eigenvalue weighted by molar-refractivity contribution is 0.0940. The van der Waals surface area contributed by atoms with Crippen LogP contribution >= 0.6 is 0 Å². The third-order valence-corrected chi connectivity index (χ3v) is 3.62. The number of carbonyl (C=O) groups excluding carboxylic acids is 1. The molecule has 1 aliphatic carbocycles. The van der Waals surface area contributed by atoms with Crippen molar-refractivity contribution in [1.29, 1.82) is 0 Å². The molecule has 1 fully saturated rings. The Hall–Kier alpha value is -1.39. The number of amides is 1. The summed E-state index contributed by atoms with van der Waals surface area (Å²) in [4.78, 5) is 11.9. The van der Waals surface area contributed by atoms with Crippen LogP contribution in [0.15, 0.2) is 24.3 Å². The van der Waals surface area contributed by atoms with Gasteiger partial charge in [-0.05, 0) is 42.4 Å². The molecule has 1 aliphatic rings. The average molecular weight is 249 g/mol. The molecule has 0 heterocycles. The van der Waals surface area contributed by atoms with Crippen LogP contribution in [0, 0.1) is 5.41 Å². The Balaban J connectivity index is 1.87. The first kappa shape index (κ1) is 13.1. The lowest BCUT2D eigenvalue weighted by Gasteiger charge is -2.14. The van der Waals surface area contributed by atoms with Crippen molar-refractivity contribution < 1.29 is 15.0 Å². The summed E-state index contributed by atoms with van der Waals surface area (Å²) in [6, 6.07) is 6.92. The largest absolute Gasteiger partial charge is 0.396 e. The van der Waals surface area contributed by atoms with Crippen LogP contribution in [0.5, 0.6) is 0 Å². The van der Waals surface area contributed by atoms with Crippen LogP contribution in [-0.2, 0) is 6.61 Å². The van der Waals surface area contributed by atoms with Gasteiger partial charge in [-0.3, -0.25) is 4.79 Å². The molecule has 0 aliphatic heterocycles. The van der Waals surface area contributed by atoms with Crippen molar-refractivity contribution in [3.63, 3.8) is 0 Å². The van der Waals surface area contributed by atoms with Gasteiger partial charge >= 0.3 is 0 Å². The molecule has 2 rings (SSSR count). The summed E-state index contributed by atoms with van der Waals surface area (Å²) >= 11 is 0. The Morgan fingerprint density at radius 1 is 1.22 bits per heavy atom. The highest BCUT2D eigenvalue weighted by atomic mass is 16.3. The monoisotopic (exact) mass is 249 g/mol. The second kappa shape index (κ2) is 5.50. The van der Waals surface area contributed by atoms with E-state index in [9.17, 15) is 4.79 Å². The molecule has 3 N–H and O–H groups in total. The summed E-state index contributed by atoms with van der Waals surface area (Å²) in [6.45, 7) is 0.802. The van der Waals surface area contributed by atoms with Gasteiger partial charge in [0.2, 0.25) is 0 Å². The molecule has 4 nitrogen and oxygen atoms in total. The highest BCUT2D eigenvalue weighted by Crippen LogP contribution is 2.47. The number of aliphatic hydroxyl groups excluding tert-OH is 2. The zero-order valence-corrected chi connectivity index (χ0v) is 10.4. The maximum absolute atomic E-state index is 11.9. The third-order valence-electron chi connectivity index (χ3n) is 3.62. The van der Waals surface area contributed by atoms with Gasteiger partial charge in [-0.25, -0.2) is 0 Å². The molecule has 0 radical (unpaired) electrons. The van der Waals surface area contributed by atoms with Crippen LogP contribution < -0.4 is 5.32 Å². The number of hydrogen-bond donors (Lipinski definition) is 3. The molecule has 98 valence electrons. The Morgan fingerprint density at radius 2 is 1.89 bits per heavy atom. The number of rotatable bonds is 6. The Kier molecular flexibility index (Phi) is 3.99. The maximum Gasteiger partial charge on any atom is 0.251 e. The first-order valence-corrected chi connectivity index (χ1v) is 6.28. The summed E-state index contributed by atoms with van der Waals surface area (Å²) < 4.78 is 0. The summed E-state index contributed by atoms with van der Waals surface area (Å²) in [6.07, 6.45) is 2.92. The predicted molar refractivity (Wildman–Crippen MR) is 68.1 cm³/mol. The van der Waals surface area contributed by atoms with E-state index in [1.807, 2.05) is 0 Å². The summed E-state index contributed by atoms with van der Waals surface area (Å²) in [7, 11) is 0. The fraction of sp³-hybridized carbons (Fsp3) is 0.500. The molecule has 1 aromatic rings. The molecule has 1 aromatic carbocycles. The highest BCUT2D eigenvalue weighted by molar-refractivity contribution is 5.94. The van der Waals surface area contributed by atoms with Crippen LogP contribution in [0.25, 0.3) is 0 Å². The van der Waals surface area contributed by atoms with Crippen LogP contribution in [0.1, 0.15) is 35.2 Å². The van der Waals surface area contributed by atoms with E-state index in [1.165, 1.54) is 0 Å². The molecule has 4 heteroatoms. The normalized spacial score (nSPS) is 16.3. The number of carbonyl (C=O) groups is 1. The van der Waals surface area contributed by atoms with Crippen molar-refractivity contribution in [3.05, 3.63) is 35.4 Å². The van der Waals surface area contributed by atoms with Gasteiger partial charge in [-0.15, -0.1) is 0 Å². The van der Waals surface area contributed by atoms with Crippen molar-refractivity contribution in [1.82, 2.24) is 5.32 Å². The minimum absolute atomic E-state index is 0.0124. The van der Waals surface area contributed by atoms with E-state index in [4.69, 9.17) is 10.2 Å². The van der Waals surface area contributed by atoms with Gasteiger partial charge in [-0.1, -0.05) is 12.1 Å². The van der Waals surface area contributed by atoms with Crippen LogP contribution in [0.4, 0.5) is 0 Å². The predicted octanol–water partition coefficient (Wildman–Crippen LogP) is 1.07. The Morgan fingerprint density at radius 3 is 2.39 bits per heavy atom. The van der Waals surface area contributed by atoms with Gasteiger partial charge in [0.05, 0.1) is 6.61 Å². The summed E-state index contributed by atoms with van der Waals surface area (Å²) in [5, 5.41) is 20.8. The zero-order valence-electron chi connectivity index (χ0n) is 10.4. The molecule has 0 atom stereocenters. The van der Waals surface area contributed by atoms with Gasteiger partial charge in [0.15, 0.2) is 0 Å². The van der Waals surface area contributed by atoms with Crippen molar-refractivity contribution in [2.45, 2.75) is 25.9 Å². The topological polar surface area (TPSA) is 69.6 Å². The minimum atomic E-state index is -0.0938. The smallest absolute Gasteiger partial charge is 0.251 e. The molecule has 0 spiro atoms. The number of hydrogen-bond acceptors (Lipinski definition) is 3. The lowest BCUT2D eigenvalue weighted by atomic mass is 10.0. The molecular formula is C14H19NO3. The number of nitrogens with one attached hydrogen (secondary N) is 1. The second-order valence-electron chi connectivity index (χ2n) is 5.01. The van der Waals surface area contributed by atoms with Crippen molar-refractivity contribution in [2.24, 2.45) is 5.41 Å². The fourth-order valence-corrected chi connectivity index (χ4v) is 2.06. The van der Waals surface area contributed by atoms with Gasteiger partial charge in [-0.2, -0.15) is 0 Å². The van der Waals surface area contributed by atoms with Crippen molar-refractivity contribution in [3.8, 4) is 0 Å². The molecule has 18 heavy (non-hydrogen) atoms. The summed E-state index contributed by atoms with van der Waals surface area (Å²) in [5.74, 6) is -0.0938. The first-order valence-electron chi connectivity index (χ1n) is 6.28. The van der Waals surface area contributed by atoms with Gasteiger partial charge in [0.25, 0.3) is 5.91 Å². The molecule has 0 bridgehead atoms. The van der Waals surface area contributed by atoms with E-state index in [2.05, 4.69) is 5.32 Å². The van der Waals surface area contributed by atoms with E-state index in [1.54, 1.807) is 24.3 Å². The van der Waals surface area contributed by atoms with Crippen molar-refractivity contribution >= 4 is 5.91 Å². The second-order valence-corrected chi connectivity index (χ2v) is 5.01. The molecule has 0 saturated heterocycles. The van der Waals surface area contributed by atoms with E-state index in [-0.39, 0.29) is 24.5 Å². The minimum Gasteiger partial charge on any atom is -0.396 e. The molecule has 1 amide bonds. The van der Waals surface area contributed by atoms with Gasteiger partial charge < -0.3 is 15.5 Å². The molecule has 0 aromatic heterocycles. The highest BCUT2D eigenvalue weighted by Gasteiger charge is 2.41. The molecular weight excluding hydrogens is 230 g/mol. The SMILES string of the molecule is O=C(NCC1(CCO)CC1)c1ccc(CO)cc1.